The van der Waals surface area contributed by atoms with Crippen LogP contribution in [0.3, 0.4) is 0 Å². The van der Waals surface area contributed by atoms with Crippen molar-refractivity contribution in [1.82, 2.24) is 10.3 Å². The van der Waals surface area contributed by atoms with Crippen LogP contribution < -0.4 is 5.32 Å². The number of nitrogens with one attached hydrogen (secondary N) is 2. The molecule has 0 aliphatic heterocycles. The van der Waals surface area contributed by atoms with E-state index in [2.05, 4.69) is 10.3 Å². The Morgan fingerprint density at radius 3 is 2.71 bits per heavy atom. The number of carbonyl (C=O) groups is 1. The van der Waals surface area contributed by atoms with Crippen LogP contribution in [0.25, 0.3) is 0 Å². The number of hydrogen-bond acceptors (Lipinski definition) is 1. The Bertz CT molecular complexity index is 537. The molecule has 0 unspecified atom stereocenters. The molecule has 88 valence electrons. The third-order valence-electron chi connectivity index (χ3n) is 2.23. The second-order valence-corrected chi connectivity index (χ2v) is 4.42. The highest BCUT2D eigenvalue weighted by Crippen LogP contribution is 2.11. The summed E-state index contributed by atoms with van der Waals surface area (Å²) in [6.45, 7) is 0.427. The van der Waals surface area contributed by atoms with Crippen molar-refractivity contribution in [2.24, 2.45) is 0 Å². The lowest BCUT2D eigenvalue weighted by atomic mass is 10.2. The van der Waals surface area contributed by atoms with Gasteiger partial charge in [0, 0.05) is 17.8 Å². The highest BCUT2D eigenvalue weighted by molar-refractivity contribution is 6.31. The van der Waals surface area contributed by atoms with Crippen LogP contribution in [-0.2, 0) is 6.54 Å². The van der Waals surface area contributed by atoms with Crippen molar-refractivity contribution in [3.05, 3.63) is 57.8 Å². The van der Waals surface area contributed by atoms with E-state index in [9.17, 15) is 4.79 Å². The number of halogens is 2. The molecular weight excluding hydrogens is 259 g/mol. The summed E-state index contributed by atoms with van der Waals surface area (Å²) in [6.07, 6.45) is 1.57. The van der Waals surface area contributed by atoms with Crippen LogP contribution in [0, 0.1) is 0 Å². The first-order chi connectivity index (χ1) is 8.15. The molecule has 2 aromatic rings. The number of aromatic amines is 1. The second kappa shape index (κ2) is 5.25. The minimum Gasteiger partial charge on any atom is -0.356 e. The Kier molecular flexibility index (Phi) is 3.71. The Balaban J connectivity index is 1.97. The molecule has 1 aromatic heterocycles. The number of carbonyl (C=O) groups excluding carboxylic acids is 1. The van der Waals surface area contributed by atoms with Crippen LogP contribution in [0.2, 0.25) is 10.0 Å². The van der Waals surface area contributed by atoms with E-state index in [1.54, 1.807) is 18.3 Å². The SMILES string of the molecule is O=C(NCc1cccc(Cl)c1)c1cc(Cl)c[nH]1. The Labute approximate surface area is 109 Å². The summed E-state index contributed by atoms with van der Waals surface area (Å²) >= 11 is 11.6. The molecule has 0 atom stereocenters. The van der Waals surface area contributed by atoms with Gasteiger partial charge in [-0.2, -0.15) is 0 Å². The van der Waals surface area contributed by atoms with Gasteiger partial charge >= 0.3 is 0 Å². The molecule has 0 aliphatic carbocycles. The smallest absolute Gasteiger partial charge is 0.268 e. The second-order valence-electron chi connectivity index (χ2n) is 3.54. The maximum absolute atomic E-state index is 11.7. The monoisotopic (exact) mass is 268 g/mol. The zero-order valence-corrected chi connectivity index (χ0v) is 10.3. The van der Waals surface area contributed by atoms with E-state index in [4.69, 9.17) is 23.2 Å². The summed E-state index contributed by atoms with van der Waals surface area (Å²) in [6, 6.07) is 8.92. The quantitative estimate of drug-likeness (QED) is 0.882. The molecule has 0 aliphatic rings. The van der Waals surface area contributed by atoms with Gasteiger partial charge in [0.15, 0.2) is 0 Å². The van der Waals surface area contributed by atoms with E-state index in [1.807, 2.05) is 18.2 Å². The largest absolute Gasteiger partial charge is 0.356 e. The molecule has 0 saturated heterocycles. The molecule has 0 bridgehead atoms. The number of H-pyrrole nitrogens is 1. The topological polar surface area (TPSA) is 44.9 Å². The van der Waals surface area contributed by atoms with Gasteiger partial charge in [0.1, 0.15) is 5.69 Å². The van der Waals surface area contributed by atoms with Gasteiger partial charge < -0.3 is 10.3 Å². The van der Waals surface area contributed by atoms with Crippen molar-refractivity contribution in [2.75, 3.05) is 0 Å². The van der Waals surface area contributed by atoms with E-state index < -0.39 is 0 Å². The molecule has 2 N–H and O–H groups in total. The number of rotatable bonds is 3. The standard InChI is InChI=1S/C12H10Cl2N2O/c13-9-3-1-2-8(4-9)6-16-12(17)11-5-10(14)7-15-11/h1-5,7,15H,6H2,(H,16,17). The van der Waals surface area contributed by atoms with Gasteiger partial charge in [-0.05, 0) is 23.8 Å². The van der Waals surface area contributed by atoms with Crippen LogP contribution in [-0.4, -0.2) is 10.9 Å². The Hall–Kier alpha value is -1.45. The van der Waals surface area contributed by atoms with Gasteiger partial charge in [-0.3, -0.25) is 4.79 Å². The van der Waals surface area contributed by atoms with E-state index in [-0.39, 0.29) is 5.91 Å². The molecule has 1 aromatic carbocycles. The van der Waals surface area contributed by atoms with Crippen LogP contribution in [0.4, 0.5) is 0 Å². The van der Waals surface area contributed by atoms with E-state index >= 15 is 0 Å². The summed E-state index contributed by atoms with van der Waals surface area (Å²) in [7, 11) is 0. The Morgan fingerprint density at radius 1 is 1.24 bits per heavy atom. The lowest BCUT2D eigenvalue weighted by Crippen LogP contribution is -2.22. The Morgan fingerprint density at radius 2 is 2.06 bits per heavy atom. The molecule has 0 spiro atoms. The fourth-order valence-corrected chi connectivity index (χ4v) is 1.80. The summed E-state index contributed by atoms with van der Waals surface area (Å²) in [4.78, 5) is 14.5. The minimum absolute atomic E-state index is 0.197. The lowest BCUT2D eigenvalue weighted by molar-refractivity contribution is 0.0946. The summed E-state index contributed by atoms with van der Waals surface area (Å²) in [5.74, 6) is -0.197. The molecule has 3 nitrogen and oxygen atoms in total. The third kappa shape index (κ3) is 3.25. The van der Waals surface area contributed by atoms with Gasteiger partial charge in [-0.1, -0.05) is 35.3 Å². The number of aromatic nitrogens is 1. The van der Waals surface area contributed by atoms with Gasteiger partial charge in [-0.25, -0.2) is 0 Å². The highest BCUT2D eigenvalue weighted by Gasteiger charge is 2.07. The van der Waals surface area contributed by atoms with Gasteiger partial charge in [0.05, 0.1) is 5.02 Å². The third-order valence-corrected chi connectivity index (χ3v) is 2.69. The van der Waals surface area contributed by atoms with E-state index in [0.29, 0.717) is 22.3 Å². The predicted octanol–water partition coefficient (Wildman–Crippen LogP) is 3.25. The number of amides is 1. The average Bonchev–Trinajstić information content (AvgIpc) is 2.73. The molecule has 0 radical (unpaired) electrons. The maximum Gasteiger partial charge on any atom is 0.268 e. The predicted molar refractivity (Wildman–Crippen MR) is 68.4 cm³/mol. The number of benzene rings is 1. The molecule has 2 rings (SSSR count). The van der Waals surface area contributed by atoms with Crippen molar-refractivity contribution < 1.29 is 4.79 Å². The molecular formula is C12H10Cl2N2O. The van der Waals surface area contributed by atoms with Crippen molar-refractivity contribution in [2.45, 2.75) is 6.54 Å². The van der Waals surface area contributed by atoms with E-state index in [0.717, 1.165) is 5.56 Å². The highest BCUT2D eigenvalue weighted by atomic mass is 35.5. The van der Waals surface area contributed by atoms with Gasteiger partial charge in [0.2, 0.25) is 0 Å². The van der Waals surface area contributed by atoms with Gasteiger partial charge in [-0.15, -0.1) is 0 Å². The average molecular weight is 269 g/mol. The normalized spacial score (nSPS) is 10.2. The van der Waals surface area contributed by atoms with Crippen LogP contribution in [0.15, 0.2) is 36.5 Å². The summed E-state index contributed by atoms with van der Waals surface area (Å²) in [5, 5.41) is 3.93. The van der Waals surface area contributed by atoms with Crippen LogP contribution >= 0.6 is 23.2 Å². The van der Waals surface area contributed by atoms with Crippen molar-refractivity contribution in [3.8, 4) is 0 Å². The zero-order chi connectivity index (χ0) is 12.3. The van der Waals surface area contributed by atoms with Crippen molar-refractivity contribution >= 4 is 29.1 Å². The fraction of sp³-hybridized carbons (Fsp3) is 0.0833. The zero-order valence-electron chi connectivity index (χ0n) is 8.84. The minimum atomic E-state index is -0.197. The number of hydrogen-bond donors (Lipinski definition) is 2. The summed E-state index contributed by atoms with van der Waals surface area (Å²) in [5.41, 5.74) is 1.39. The summed E-state index contributed by atoms with van der Waals surface area (Å²) < 4.78 is 0. The van der Waals surface area contributed by atoms with E-state index in [1.165, 1.54) is 0 Å². The molecule has 17 heavy (non-hydrogen) atoms. The van der Waals surface area contributed by atoms with Crippen molar-refractivity contribution in [1.29, 1.82) is 0 Å². The first-order valence-electron chi connectivity index (χ1n) is 5.02. The van der Waals surface area contributed by atoms with Crippen LogP contribution in [0.5, 0.6) is 0 Å². The van der Waals surface area contributed by atoms with Gasteiger partial charge in [0.25, 0.3) is 5.91 Å². The molecule has 1 heterocycles. The molecule has 1 amide bonds. The fourth-order valence-electron chi connectivity index (χ4n) is 1.42. The molecule has 0 saturated carbocycles. The molecule has 0 fully saturated rings. The van der Waals surface area contributed by atoms with Crippen LogP contribution in [0.1, 0.15) is 16.1 Å². The maximum atomic E-state index is 11.7. The lowest BCUT2D eigenvalue weighted by Gasteiger charge is -2.04. The first-order valence-corrected chi connectivity index (χ1v) is 5.77. The first kappa shape index (κ1) is 12.0. The van der Waals surface area contributed by atoms with Crippen molar-refractivity contribution in [3.63, 3.8) is 0 Å². The molecule has 5 heteroatoms.